The van der Waals surface area contributed by atoms with Crippen molar-refractivity contribution in [1.29, 1.82) is 0 Å². The molecule has 2 aromatic rings. The molecule has 2 N–H and O–H groups in total. The molecule has 2 atom stereocenters. The SMILES string of the molecule is Cc1cccc2c1SCC(Cc1ccccc1)C2=NN=C1NC(=O)C(CC(=O)O)S1. The fourth-order valence-corrected chi connectivity index (χ4v) is 5.74. The third-order valence-corrected chi connectivity index (χ3v) is 7.49. The molecule has 1 fully saturated rings. The van der Waals surface area contributed by atoms with Gasteiger partial charge in [-0.2, -0.15) is 5.10 Å². The molecule has 30 heavy (non-hydrogen) atoms. The van der Waals surface area contributed by atoms with Gasteiger partial charge in [0.05, 0.1) is 12.1 Å². The average molecular weight is 440 g/mol. The van der Waals surface area contributed by atoms with Crippen molar-refractivity contribution < 1.29 is 14.7 Å². The van der Waals surface area contributed by atoms with Crippen molar-refractivity contribution in [2.45, 2.75) is 29.9 Å². The van der Waals surface area contributed by atoms with Gasteiger partial charge in [0.2, 0.25) is 5.91 Å². The molecule has 0 saturated carbocycles. The number of fused-ring (bicyclic) bond motifs is 1. The van der Waals surface area contributed by atoms with E-state index in [9.17, 15) is 9.59 Å². The molecule has 1 saturated heterocycles. The number of nitrogens with one attached hydrogen (secondary N) is 1. The first-order valence-electron chi connectivity index (χ1n) is 9.63. The van der Waals surface area contributed by atoms with E-state index in [1.165, 1.54) is 16.0 Å². The molecule has 154 valence electrons. The molecule has 2 aromatic carbocycles. The number of benzene rings is 2. The Hall–Kier alpha value is -2.58. The first-order valence-corrected chi connectivity index (χ1v) is 11.5. The Labute approximate surface area is 183 Å². The smallest absolute Gasteiger partial charge is 0.305 e. The molecule has 4 rings (SSSR count). The topological polar surface area (TPSA) is 91.1 Å². The van der Waals surface area contributed by atoms with Crippen LogP contribution >= 0.6 is 23.5 Å². The van der Waals surface area contributed by atoms with E-state index in [2.05, 4.69) is 46.7 Å². The lowest BCUT2D eigenvalue weighted by atomic mass is 9.91. The van der Waals surface area contributed by atoms with Crippen LogP contribution in [0.4, 0.5) is 0 Å². The lowest BCUT2D eigenvalue weighted by Gasteiger charge is -2.26. The summed E-state index contributed by atoms with van der Waals surface area (Å²) in [5.41, 5.74) is 4.43. The van der Waals surface area contributed by atoms with Crippen LogP contribution in [-0.2, 0) is 16.0 Å². The lowest BCUT2D eigenvalue weighted by molar-refractivity contribution is -0.138. The predicted molar refractivity (Wildman–Crippen MR) is 121 cm³/mol. The van der Waals surface area contributed by atoms with Gasteiger partial charge in [0.25, 0.3) is 0 Å². The number of carboxylic acids is 1. The second-order valence-electron chi connectivity index (χ2n) is 7.23. The molecule has 2 aliphatic rings. The van der Waals surface area contributed by atoms with Crippen LogP contribution in [-0.4, -0.2) is 38.9 Å². The van der Waals surface area contributed by atoms with E-state index in [4.69, 9.17) is 5.11 Å². The second-order valence-corrected chi connectivity index (χ2v) is 9.45. The fraction of sp³-hybridized carbons (Fsp3) is 0.273. The number of aliphatic carboxylic acids is 1. The van der Waals surface area contributed by atoms with Crippen LogP contribution in [0.2, 0.25) is 0 Å². The third kappa shape index (κ3) is 4.60. The standard InChI is InChI=1S/C22H21N3O3S2/c1-13-6-5-9-16-19(24-25-22-23-21(28)17(30-22)11-18(26)27)15(12-29-20(13)16)10-14-7-3-2-4-8-14/h2-9,15,17H,10-12H2,1H3,(H,26,27)(H,23,25,28). The minimum Gasteiger partial charge on any atom is -0.481 e. The monoisotopic (exact) mass is 439 g/mol. The summed E-state index contributed by atoms with van der Waals surface area (Å²) in [6, 6.07) is 16.5. The number of nitrogens with zero attached hydrogens (tertiary/aromatic N) is 2. The molecule has 1 amide bonds. The highest BCUT2D eigenvalue weighted by molar-refractivity contribution is 8.15. The maximum atomic E-state index is 12.0. The highest BCUT2D eigenvalue weighted by Crippen LogP contribution is 2.37. The Morgan fingerprint density at radius 3 is 2.73 bits per heavy atom. The quantitative estimate of drug-likeness (QED) is 0.693. The molecule has 2 unspecified atom stereocenters. The summed E-state index contributed by atoms with van der Waals surface area (Å²) in [6.07, 6.45) is 0.618. The Morgan fingerprint density at radius 1 is 1.17 bits per heavy atom. The van der Waals surface area contributed by atoms with Crippen molar-refractivity contribution >= 4 is 46.3 Å². The molecule has 0 aromatic heterocycles. The molecule has 0 bridgehead atoms. The molecule has 0 spiro atoms. The number of hydrogen-bond acceptors (Lipinski definition) is 6. The van der Waals surface area contributed by atoms with Crippen molar-refractivity contribution in [2.24, 2.45) is 16.1 Å². The highest BCUT2D eigenvalue weighted by Gasteiger charge is 2.33. The van der Waals surface area contributed by atoms with Crippen molar-refractivity contribution in [2.75, 3.05) is 5.75 Å². The summed E-state index contributed by atoms with van der Waals surface area (Å²) in [5.74, 6) is -0.255. The van der Waals surface area contributed by atoms with Crippen molar-refractivity contribution in [3.05, 3.63) is 65.2 Å². The average Bonchev–Trinajstić information content (AvgIpc) is 3.06. The summed E-state index contributed by atoms with van der Waals surface area (Å²) in [4.78, 5) is 24.1. The summed E-state index contributed by atoms with van der Waals surface area (Å²) >= 11 is 2.96. The summed E-state index contributed by atoms with van der Waals surface area (Å²) < 4.78 is 0. The number of carbonyl (C=O) groups excluding carboxylic acids is 1. The molecule has 2 aliphatic heterocycles. The lowest BCUT2D eigenvalue weighted by Crippen LogP contribution is -2.27. The van der Waals surface area contributed by atoms with Gasteiger partial charge >= 0.3 is 5.97 Å². The van der Waals surface area contributed by atoms with E-state index in [1.54, 1.807) is 0 Å². The molecule has 6 nitrogen and oxygen atoms in total. The zero-order valence-corrected chi connectivity index (χ0v) is 18.0. The van der Waals surface area contributed by atoms with Crippen molar-refractivity contribution in [1.82, 2.24) is 5.32 Å². The minimum atomic E-state index is -1.01. The van der Waals surface area contributed by atoms with Gasteiger partial charge in [0.1, 0.15) is 5.25 Å². The van der Waals surface area contributed by atoms with Gasteiger partial charge in [0.15, 0.2) is 5.17 Å². The molecular formula is C22H21N3O3S2. The number of amides is 1. The number of hydrogen-bond donors (Lipinski definition) is 2. The number of rotatable bonds is 5. The van der Waals surface area contributed by atoms with Crippen molar-refractivity contribution in [3.8, 4) is 0 Å². The summed E-state index contributed by atoms with van der Waals surface area (Å²) in [7, 11) is 0. The molecular weight excluding hydrogens is 418 g/mol. The maximum absolute atomic E-state index is 12.0. The predicted octanol–water partition coefficient (Wildman–Crippen LogP) is 3.73. The number of carboxylic acid groups (broad SMARTS) is 1. The van der Waals surface area contributed by atoms with Gasteiger partial charge in [-0.05, 0) is 24.5 Å². The van der Waals surface area contributed by atoms with E-state index >= 15 is 0 Å². The largest absolute Gasteiger partial charge is 0.481 e. The van der Waals surface area contributed by atoms with Gasteiger partial charge in [-0.3, -0.25) is 9.59 Å². The van der Waals surface area contributed by atoms with Crippen LogP contribution in [0.15, 0.2) is 63.6 Å². The number of aryl methyl sites for hydroxylation is 1. The Bertz CT molecular complexity index is 1040. The van der Waals surface area contributed by atoms with E-state index in [0.717, 1.165) is 35.2 Å². The van der Waals surface area contributed by atoms with E-state index < -0.39 is 11.2 Å². The first kappa shape index (κ1) is 20.7. The first-order chi connectivity index (χ1) is 14.5. The van der Waals surface area contributed by atoms with Crippen LogP contribution in [0.25, 0.3) is 0 Å². The fourth-order valence-electron chi connectivity index (χ4n) is 3.56. The zero-order chi connectivity index (χ0) is 21.1. The van der Waals surface area contributed by atoms with Crippen LogP contribution in [0, 0.1) is 12.8 Å². The van der Waals surface area contributed by atoms with Crippen molar-refractivity contribution in [3.63, 3.8) is 0 Å². The number of carbonyl (C=O) groups is 2. The Morgan fingerprint density at radius 2 is 1.97 bits per heavy atom. The van der Waals surface area contributed by atoms with Crippen LogP contribution in [0.1, 0.15) is 23.1 Å². The maximum Gasteiger partial charge on any atom is 0.305 e. The van der Waals surface area contributed by atoms with E-state index in [1.807, 2.05) is 36.0 Å². The van der Waals surface area contributed by atoms with Gasteiger partial charge < -0.3 is 10.4 Å². The number of amidine groups is 1. The minimum absolute atomic E-state index is 0.188. The van der Waals surface area contributed by atoms with Gasteiger partial charge in [0, 0.05) is 22.1 Å². The normalized spacial score (nSPS) is 23.4. The van der Waals surface area contributed by atoms with Gasteiger partial charge in [-0.25, -0.2) is 0 Å². The van der Waals surface area contributed by atoms with E-state index in [-0.39, 0.29) is 18.2 Å². The molecule has 0 aliphatic carbocycles. The molecule has 8 heteroatoms. The Kier molecular flexibility index (Phi) is 6.24. The zero-order valence-electron chi connectivity index (χ0n) is 16.4. The van der Waals surface area contributed by atoms with Gasteiger partial charge in [-0.15, -0.1) is 16.9 Å². The molecule has 2 heterocycles. The summed E-state index contributed by atoms with van der Waals surface area (Å²) in [6.45, 7) is 2.09. The van der Waals surface area contributed by atoms with Crippen LogP contribution < -0.4 is 5.32 Å². The number of thioether (sulfide) groups is 2. The molecule has 0 radical (unpaired) electrons. The second kappa shape index (κ2) is 9.06. The van der Waals surface area contributed by atoms with Gasteiger partial charge in [-0.1, -0.05) is 60.3 Å². The summed E-state index contributed by atoms with van der Waals surface area (Å²) in [5, 5.41) is 20.2. The van der Waals surface area contributed by atoms with Crippen LogP contribution in [0.3, 0.4) is 0 Å². The Balaban J connectivity index is 1.65. The van der Waals surface area contributed by atoms with Crippen LogP contribution in [0.5, 0.6) is 0 Å². The van der Waals surface area contributed by atoms with E-state index in [0.29, 0.717) is 5.17 Å². The highest BCUT2D eigenvalue weighted by atomic mass is 32.2. The third-order valence-electron chi connectivity index (χ3n) is 5.01.